The molecule has 0 fully saturated rings. The Morgan fingerprint density at radius 1 is 0.905 bits per heavy atom. The molecule has 0 amide bonds. The van der Waals surface area contributed by atoms with Crippen LogP contribution in [0, 0.1) is 0 Å². The van der Waals surface area contributed by atoms with E-state index < -0.39 is 17.9 Å². The zero-order valence-electron chi connectivity index (χ0n) is 13.1. The van der Waals surface area contributed by atoms with Crippen LogP contribution < -0.4 is 40.0 Å². The van der Waals surface area contributed by atoms with Crippen LogP contribution in [0.5, 0.6) is 0 Å². The third-order valence-electron chi connectivity index (χ3n) is 2.72. The van der Waals surface area contributed by atoms with E-state index in [0.717, 1.165) is 32.1 Å². The van der Waals surface area contributed by atoms with E-state index in [9.17, 15) is 19.5 Å². The van der Waals surface area contributed by atoms with Gasteiger partial charge in [0.15, 0.2) is 0 Å². The summed E-state index contributed by atoms with van der Waals surface area (Å²) < 4.78 is 4.64. The summed E-state index contributed by atoms with van der Waals surface area (Å²) in [5.41, 5.74) is 0. The number of unbranched alkanes of at least 4 members (excludes halogenated alkanes) is 4. The Hall–Kier alpha value is -0.430. The number of ether oxygens (including phenoxy) is 1. The first-order chi connectivity index (χ1) is 9.56. The van der Waals surface area contributed by atoms with Crippen molar-refractivity contribution in [2.75, 3.05) is 13.1 Å². The van der Waals surface area contributed by atoms with Gasteiger partial charge in [0.2, 0.25) is 0 Å². The molecular weight excluding hydrogens is 285 g/mol. The molecule has 0 rings (SSSR count). The molecule has 0 aromatic carbocycles. The zero-order chi connectivity index (χ0) is 15.2. The number of carbonyl (C=O) groups excluding carboxylic acids is 3. The molecule has 0 unspecified atom stereocenters. The van der Waals surface area contributed by atoms with E-state index in [1.165, 1.54) is 0 Å². The van der Waals surface area contributed by atoms with Crippen LogP contribution >= 0.6 is 0 Å². The molecule has 0 aliphatic rings. The molecule has 0 bridgehead atoms. The number of aliphatic carboxylic acids is 1. The van der Waals surface area contributed by atoms with Crippen LogP contribution in [0.4, 0.5) is 0 Å². The van der Waals surface area contributed by atoms with Gasteiger partial charge in [0.05, 0.1) is 6.42 Å². The second-order valence-electron chi connectivity index (χ2n) is 4.63. The fourth-order valence-corrected chi connectivity index (χ4v) is 1.61. The second kappa shape index (κ2) is 15.9. The summed E-state index contributed by atoms with van der Waals surface area (Å²) in [6, 6.07) is 0. The standard InChI is InChI=1S/C14H25NO5.Na/c1-2-3-4-5-6-7-13(18)20-14(19)9-11-15-10-8-12(16)17;/h15H,2-11H2,1H3,(H,16,17);/q;+1/p-1. The first-order valence-electron chi connectivity index (χ1n) is 7.20. The summed E-state index contributed by atoms with van der Waals surface area (Å²) in [6.45, 7) is 2.64. The van der Waals surface area contributed by atoms with E-state index in [-0.39, 0.29) is 61.9 Å². The summed E-state index contributed by atoms with van der Waals surface area (Å²) in [6.07, 6.45) is 5.34. The molecule has 0 atom stereocenters. The maximum absolute atomic E-state index is 11.3. The maximum atomic E-state index is 11.3. The van der Waals surface area contributed by atoms with Gasteiger partial charge in [0, 0.05) is 25.5 Å². The van der Waals surface area contributed by atoms with Crippen LogP contribution in [-0.4, -0.2) is 31.0 Å². The monoisotopic (exact) mass is 309 g/mol. The number of hydrogen-bond donors (Lipinski definition) is 1. The van der Waals surface area contributed by atoms with Crippen molar-refractivity contribution < 1.29 is 53.8 Å². The number of hydrogen-bond acceptors (Lipinski definition) is 6. The van der Waals surface area contributed by atoms with Crippen LogP contribution in [0.15, 0.2) is 0 Å². The fraction of sp³-hybridized carbons (Fsp3) is 0.786. The Morgan fingerprint density at radius 3 is 2.10 bits per heavy atom. The van der Waals surface area contributed by atoms with Gasteiger partial charge in [-0.05, 0) is 12.8 Å². The van der Waals surface area contributed by atoms with E-state index >= 15 is 0 Å². The van der Waals surface area contributed by atoms with Crippen molar-refractivity contribution in [1.82, 2.24) is 5.32 Å². The molecule has 0 saturated heterocycles. The maximum Gasteiger partial charge on any atom is 1.00 e. The Morgan fingerprint density at radius 2 is 1.48 bits per heavy atom. The fourth-order valence-electron chi connectivity index (χ4n) is 1.61. The zero-order valence-corrected chi connectivity index (χ0v) is 15.1. The minimum absolute atomic E-state index is 0. The molecule has 0 aromatic rings. The molecular formula is C14H24NNaO5. The molecule has 7 heteroatoms. The van der Waals surface area contributed by atoms with E-state index in [1.54, 1.807) is 0 Å². The minimum atomic E-state index is -1.14. The van der Waals surface area contributed by atoms with Crippen molar-refractivity contribution >= 4 is 17.9 Å². The van der Waals surface area contributed by atoms with Crippen LogP contribution in [0.3, 0.4) is 0 Å². The number of carboxylic acid groups (broad SMARTS) is 1. The van der Waals surface area contributed by atoms with Crippen molar-refractivity contribution in [2.45, 2.75) is 58.3 Å². The summed E-state index contributed by atoms with van der Waals surface area (Å²) in [7, 11) is 0. The molecule has 0 aliphatic heterocycles. The van der Waals surface area contributed by atoms with E-state index in [0.29, 0.717) is 0 Å². The van der Waals surface area contributed by atoms with Gasteiger partial charge in [-0.15, -0.1) is 0 Å². The van der Waals surface area contributed by atoms with Gasteiger partial charge in [-0.2, -0.15) is 0 Å². The first kappa shape index (κ1) is 22.8. The Bertz CT molecular complexity index is 310. The number of rotatable bonds is 12. The Kier molecular flexibility index (Phi) is 17.4. The second-order valence-corrected chi connectivity index (χ2v) is 4.63. The van der Waals surface area contributed by atoms with E-state index in [1.807, 2.05) is 0 Å². The predicted octanol–water partition coefficient (Wildman–Crippen LogP) is -2.46. The molecule has 6 nitrogen and oxygen atoms in total. The number of carbonyl (C=O) groups is 3. The summed E-state index contributed by atoms with van der Waals surface area (Å²) in [4.78, 5) is 32.7. The van der Waals surface area contributed by atoms with Gasteiger partial charge in [0.25, 0.3) is 0 Å². The van der Waals surface area contributed by atoms with E-state index in [2.05, 4.69) is 17.0 Å². The molecule has 116 valence electrons. The summed E-state index contributed by atoms with van der Waals surface area (Å²) in [5, 5.41) is 12.9. The van der Waals surface area contributed by atoms with Gasteiger partial charge in [-0.3, -0.25) is 9.59 Å². The smallest absolute Gasteiger partial charge is 0.550 e. The quantitative estimate of drug-likeness (QED) is 0.186. The minimum Gasteiger partial charge on any atom is -0.550 e. The van der Waals surface area contributed by atoms with Gasteiger partial charge < -0.3 is 20.0 Å². The molecule has 0 radical (unpaired) electrons. The van der Waals surface area contributed by atoms with Crippen LogP contribution in [-0.2, 0) is 19.1 Å². The SMILES string of the molecule is CCCCCCCC(=O)OC(=O)CCNCCC(=O)[O-].[Na+]. The normalized spacial score (nSPS) is 9.76. The van der Waals surface area contributed by atoms with Crippen molar-refractivity contribution in [2.24, 2.45) is 0 Å². The molecule has 0 spiro atoms. The largest absolute Gasteiger partial charge is 1.00 e. The van der Waals surface area contributed by atoms with Crippen LogP contribution in [0.25, 0.3) is 0 Å². The molecule has 21 heavy (non-hydrogen) atoms. The summed E-state index contributed by atoms with van der Waals surface area (Å²) >= 11 is 0. The first-order valence-corrected chi connectivity index (χ1v) is 7.20. The van der Waals surface area contributed by atoms with Crippen LogP contribution in [0.1, 0.15) is 58.3 Å². The molecule has 0 aromatic heterocycles. The topological polar surface area (TPSA) is 95.5 Å². The molecule has 0 saturated carbocycles. The molecule has 0 heterocycles. The van der Waals surface area contributed by atoms with E-state index in [4.69, 9.17) is 0 Å². The number of carboxylic acids is 1. The summed E-state index contributed by atoms with van der Waals surface area (Å²) in [5.74, 6) is -2.20. The van der Waals surface area contributed by atoms with Crippen molar-refractivity contribution in [3.05, 3.63) is 0 Å². The average Bonchev–Trinajstić information content (AvgIpc) is 2.37. The Balaban J connectivity index is 0. The molecule has 0 aliphatic carbocycles. The van der Waals surface area contributed by atoms with Gasteiger partial charge >= 0.3 is 41.5 Å². The van der Waals surface area contributed by atoms with Gasteiger partial charge in [0.1, 0.15) is 0 Å². The third-order valence-corrected chi connectivity index (χ3v) is 2.72. The van der Waals surface area contributed by atoms with Crippen LogP contribution in [0.2, 0.25) is 0 Å². The third kappa shape index (κ3) is 17.5. The average molecular weight is 309 g/mol. The molecule has 1 N–H and O–H groups in total. The predicted molar refractivity (Wildman–Crippen MR) is 71.6 cm³/mol. The number of nitrogens with one attached hydrogen (secondary N) is 1. The Labute approximate surface area is 148 Å². The van der Waals surface area contributed by atoms with Crippen molar-refractivity contribution in [1.29, 1.82) is 0 Å². The van der Waals surface area contributed by atoms with Gasteiger partial charge in [-0.1, -0.05) is 32.6 Å². The van der Waals surface area contributed by atoms with Gasteiger partial charge in [-0.25, -0.2) is 0 Å². The van der Waals surface area contributed by atoms with Crippen molar-refractivity contribution in [3.8, 4) is 0 Å². The van der Waals surface area contributed by atoms with Crippen molar-refractivity contribution in [3.63, 3.8) is 0 Å². The number of esters is 2.